The Labute approximate surface area is 85.7 Å². The Kier molecular flexibility index (Phi) is 3.09. The standard InChI is InChI=1S/C13H15N/c1-11-5-4-6-12(9-11)7-8-13(2,3)10-14/h4-9H,1-3H3. The molecular weight excluding hydrogens is 170 g/mol. The highest BCUT2D eigenvalue weighted by molar-refractivity contribution is 5.51. The zero-order valence-electron chi connectivity index (χ0n) is 8.91. The van der Waals surface area contributed by atoms with Gasteiger partial charge in [0.15, 0.2) is 0 Å². The van der Waals surface area contributed by atoms with Crippen molar-refractivity contribution < 1.29 is 0 Å². The Bertz CT molecular complexity index is 380. The van der Waals surface area contributed by atoms with Gasteiger partial charge in [-0.05, 0) is 26.3 Å². The summed E-state index contributed by atoms with van der Waals surface area (Å²) in [5, 5.41) is 8.83. The van der Waals surface area contributed by atoms with Gasteiger partial charge in [0.05, 0.1) is 11.5 Å². The van der Waals surface area contributed by atoms with Gasteiger partial charge >= 0.3 is 0 Å². The molecule has 0 N–H and O–H groups in total. The minimum Gasteiger partial charge on any atom is -0.197 e. The van der Waals surface area contributed by atoms with Crippen LogP contribution in [0, 0.1) is 23.7 Å². The summed E-state index contributed by atoms with van der Waals surface area (Å²) in [4.78, 5) is 0. The number of nitrogens with zero attached hydrogens (tertiary/aromatic N) is 1. The van der Waals surface area contributed by atoms with Crippen molar-refractivity contribution in [3.05, 3.63) is 41.5 Å². The molecule has 0 aliphatic heterocycles. The van der Waals surface area contributed by atoms with E-state index in [-0.39, 0.29) is 5.41 Å². The summed E-state index contributed by atoms with van der Waals surface area (Å²) in [7, 11) is 0. The van der Waals surface area contributed by atoms with Crippen molar-refractivity contribution in [3.8, 4) is 6.07 Å². The minimum atomic E-state index is -0.385. The van der Waals surface area contributed by atoms with E-state index in [4.69, 9.17) is 5.26 Å². The van der Waals surface area contributed by atoms with Crippen LogP contribution in [0.1, 0.15) is 25.0 Å². The van der Waals surface area contributed by atoms with E-state index in [1.165, 1.54) is 5.56 Å². The molecule has 1 heteroatoms. The predicted molar refractivity (Wildman–Crippen MR) is 59.6 cm³/mol. The second kappa shape index (κ2) is 4.11. The Morgan fingerprint density at radius 1 is 1.36 bits per heavy atom. The highest BCUT2D eigenvalue weighted by Crippen LogP contribution is 2.17. The molecule has 72 valence electrons. The molecule has 0 fully saturated rings. The Hall–Kier alpha value is -1.55. The first-order valence-electron chi connectivity index (χ1n) is 4.71. The van der Waals surface area contributed by atoms with Crippen LogP contribution in [-0.2, 0) is 0 Å². The van der Waals surface area contributed by atoms with Gasteiger partial charge in [0, 0.05) is 0 Å². The first kappa shape index (κ1) is 10.5. The fourth-order valence-corrected chi connectivity index (χ4v) is 1.12. The van der Waals surface area contributed by atoms with Crippen molar-refractivity contribution >= 4 is 6.08 Å². The zero-order valence-corrected chi connectivity index (χ0v) is 8.91. The smallest absolute Gasteiger partial charge is 0.0725 e. The fourth-order valence-electron chi connectivity index (χ4n) is 1.12. The van der Waals surface area contributed by atoms with Crippen LogP contribution >= 0.6 is 0 Å². The van der Waals surface area contributed by atoms with E-state index >= 15 is 0 Å². The van der Waals surface area contributed by atoms with Crippen LogP contribution in [0.15, 0.2) is 30.3 Å². The molecule has 0 atom stereocenters. The third-order valence-electron chi connectivity index (χ3n) is 2.02. The summed E-state index contributed by atoms with van der Waals surface area (Å²) in [6, 6.07) is 10.5. The molecule has 0 aliphatic rings. The Balaban J connectivity index is 2.85. The number of benzene rings is 1. The Morgan fingerprint density at radius 3 is 2.64 bits per heavy atom. The molecule has 0 aromatic heterocycles. The lowest BCUT2D eigenvalue weighted by Gasteiger charge is -2.07. The molecule has 0 saturated heterocycles. The molecule has 0 spiro atoms. The monoisotopic (exact) mass is 185 g/mol. The molecule has 1 nitrogen and oxygen atoms in total. The van der Waals surface area contributed by atoms with E-state index < -0.39 is 0 Å². The molecule has 0 saturated carbocycles. The van der Waals surface area contributed by atoms with Crippen LogP contribution in [0.25, 0.3) is 6.08 Å². The van der Waals surface area contributed by atoms with Crippen molar-refractivity contribution in [2.75, 3.05) is 0 Å². The van der Waals surface area contributed by atoms with E-state index in [2.05, 4.69) is 25.1 Å². The maximum Gasteiger partial charge on any atom is 0.0725 e. The normalized spacial score (nSPS) is 11.6. The third-order valence-corrected chi connectivity index (χ3v) is 2.02. The van der Waals surface area contributed by atoms with Crippen molar-refractivity contribution in [2.24, 2.45) is 5.41 Å². The van der Waals surface area contributed by atoms with Crippen molar-refractivity contribution in [1.29, 1.82) is 5.26 Å². The van der Waals surface area contributed by atoms with Crippen LogP contribution in [0.4, 0.5) is 0 Å². The van der Waals surface area contributed by atoms with Gasteiger partial charge in [0.25, 0.3) is 0 Å². The van der Waals surface area contributed by atoms with Gasteiger partial charge in [-0.15, -0.1) is 0 Å². The van der Waals surface area contributed by atoms with Crippen LogP contribution in [-0.4, -0.2) is 0 Å². The number of hydrogen-bond acceptors (Lipinski definition) is 1. The largest absolute Gasteiger partial charge is 0.197 e. The van der Waals surface area contributed by atoms with Gasteiger partial charge in [0.2, 0.25) is 0 Å². The van der Waals surface area contributed by atoms with Crippen LogP contribution in [0.5, 0.6) is 0 Å². The SMILES string of the molecule is Cc1cccc(C=CC(C)(C)C#N)c1. The van der Waals surface area contributed by atoms with Gasteiger partial charge < -0.3 is 0 Å². The third kappa shape index (κ3) is 3.06. The summed E-state index contributed by atoms with van der Waals surface area (Å²) in [6.07, 6.45) is 3.93. The van der Waals surface area contributed by atoms with E-state index in [0.717, 1.165) is 5.56 Å². The van der Waals surface area contributed by atoms with E-state index in [9.17, 15) is 0 Å². The lowest BCUT2D eigenvalue weighted by atomic mass is 9.94. The Morgan fingerprint density at radius 2 is 2.07 bits per heavy atom. The molecule has 0 unspecified atom stereocenters. The summed E-state index contributed by atoms with van der Waals surface area (Å²) >= 11 is 0. The summed E-state index contributed by atoms with van der Waals surface area (Å²) in [5.41, 5.74) is 2.00. The first-order chi connectivity index (χ1) is 6.53. The summed E-state index contributed by atoms with van der Waals surface area (Å²) < 4.78 is 0. The van der Waals surface area contributed by atoms with Crippen LogP contribution in [0.2, 0.25) is 0 Å². The molecule has 0 bridgehead atoms. The average molecular weight is 185 g/mol. The van der Waals surface area contributed by atoms with Crippen molar-refractivity contribution in [1.82, 2.24) is 0 Å². The fraction of sp³-hybridized carbons (Fsp3) is 0.308. The molecule has 0 amide bonds. The van der Waals surface area contributed by atoms with E-state index in [1.807, 2.05) is 38.1 Å². The van der Waals surface area contributed by atoms with Gasteiger partial charge in [0.1, 0.15) is 0 Å². The number of allylic oxidation sites excluding steroid dienone is 1. The quantitative estimate of drug-likeness (QED) is 0.691. The molecule has 14 heavy (non-hydrogen) atoms. The lowest BCUT2D eigenvalue weighted by Crippen LogP contribution is -2.01. The highest BCUT2D eigenvalue weighted by Gasteiger charge is 2.10. The van der Waals surface area contributed by atoms with Gasteiger partial charge in [-0.3, -0.25) is 0 Å². The van der Waals surface area contributed by atoms with E-state index in [1.54, 1.807) is 0 Å². The van der Waals surface area contributed by atoms with E-state index in [0.29, 0.717) is 0 Å². The predicted octanol–water partition coefficient (Wildman–Crippen LogP) is 3.56. The molecule has 1 rings (SSSR count). The number of rotatable bonds is 2. The maximum atomic E-state index is 8.83. The highest BCUT2D eigenvalue weighted by atomic mass is 14.3. The molecular formula is C13H15N. The lowest BCUT2D eigenvalue weighted by molar-refractivity contribution is 0.647. The van der Waals surface area contributed by atoms with Crippen molar-refractivity contribution in [3.63, 3.8) is 0 Å². The van der Waals surface area contributed by atoms with Crippen LogP contribution in [0.3, 0.4) is 0 Å². The molecule has 1 aromatic rings. The average Bonchev–Trinajstić information content (AvgIpc) is 2.15. The van der Waals surface area contributed by atoms with Crippen LogP contribution < -0.4 is 0 Å². The molecule has 1 aromatic carbocycles. The summed E-state index contributed by atoms with van der Waals surface area (Å²) in [5.74, 6) is 0. The van der Waals surface area contributed by atoms with Gasteiger partial charge in [-0.1, -0.05) is 42.0 Å². The van der Waals surface area contributed by atoms with Gasteiger partial charge in [-0.25, -0.2) is 0 Å². The molecule has 0 radical (unpaired) electrons. The summed E-state index contributed by atoms with van der Waals surface area (Å²) in [6.45, 7) is 5.87. The topological polar surface area (TPSA) is 23.8 Å². The number of aryl methyl sites for hydroxylation is 1. The molecule has 0 heterocycles. The number of hydrogen-bond donors (Lipinski definition) is 0. The van der Waals surface area contributed by atoms with Gasteiger partial charge in [-0.2, -0.15) is 5.26 Å². The number of nitriles is 1. The molecule has 0 aliphatic carbocycles. The van der Waals surface area contributed by atoms with Crippen molar-refractivity contribution in [2.45, 2.75) is 20.8 Å². The zero-order chi connectivity index (χ0) is 10.6. The first-order valence-corrected chi connectivity index (χ1v) is 4.71. The minimum absolute atomic E-state index is 0.385. The maximum absolute atomic E-state index is 8.83. The second-order valence-corrected chi connectivity index (χ2v) is 4.08. The second-order valence-electron chi connectivity index (χ2n) is 4.08.